The van der Waals surface area contributed by atoms with E-state index in [0.717, 1.165) is 0 Å². The zero-order valence-corrected chi connectivity index (χ0v) is 14.0. The van der Waals surface area contributed by atoms with Crippen LogP contribution in [-0.2, 0) is 13.6 Å². The van der Waals surface area contributed by atoms with Gasteiger partial charge in [-0.05, 0) is 10.4 Å². The van der Waals surface area contributed by atoms with Gasteiger partial charge in [-0.15, -0.1) is 5.10 Å². The number of nitrogens with zero attached hydrogens (tertiary/aromatic N) is 8. The van der Waals surface area contributed by atoms with Gasteiger partial charge in [0.25, 0.3) is 11.5 Å². The van der Waals surface area contributed by atoms with E-state index in [9.17, 15) is 9.59 Å². The molecule has 0 saturated carbocycles. The van der Waals surface area contributed by atoms with Crippen LogP contribution in [0.4, 0.5) is 0 Å². The van der Waals surface area contributed by atoms with Gasteiger partial charge < -0.3 is 10.3 Å². The lowest BCUT2D eigenvalue weighted by atomic mass is 10.3. The maximum absolute atomic E-state index is 12.1. The predicted molar refractivity (Wildman–Crippen MR) is 85.8 cm³/mol. The van der Waals surface area contributed by atoms with Crippen molar-refractivity contribution in [2.45, 2.75) is 11.7 Å². The number of tetrazole rings is 1. The van der Waals surface area contributed by atoms with E-state index in [1.807, 2.05) is 0 Å². The second-order valence-electron chi connectivity index (χ2n) is 4.86. The normalized spacial score (nSPS) is 10.8. The minimum atomic E-state index is -0.507. The van der Waals surface area contributed by atoms with Crippen LogP contribution in [0.3, 0.4) is 0 Å². The van der Waals surface area contributed by atoms with Gasteiger partial charge in [0, 0.05) is 25.5 Å². The van der Waals surface area contributed by atoms with Crippen molar-refractivity contribution in [3.05, 3.63) is 40.6 Å². The molecule has 0 aliphatic rings. The number of aromatic nitrogens is 9. The number of amides is 1. The highest BCUT2D eigenvalue weighted by atomic mass is 32.2. The first-order valence-corrected chi connectivity index (χ1v) is 8.16. The van der Waals surface area contributed by atoms with Crippen LogP contribution in [0.2, 0.25) is 0 Å². The fourth-order valence-electron chi connectivity index (χ4n) is 1.89. The average molecular weight is 362 g/mol. The van der Waals surface area contributed by atoms with Gasteiger partial charge in [-0.2, -0.15) is 5.10 Å². The Hall–Kier alpha value is -3.09. The van der Waals surface area contributed by atoms with Gasteiger partial charge in [-0.25, -0.2) is 19.3 Å². The molecule has 0 fully saturated rings. The van der Waals surface area contributed by atoms with Gasteiger partial charge in [0.2, 0.25) is 5.16 Å². The summed E-state index contributed by atoms with van der Waals surface area (Å²) < 4.78 is 3.05. The number of rotatable bonds is 7. The van der Waals surface area contributed by atoms with Crippen LogP contribution in [0, 0.1) is 0 Å². The minimum Gasteiger partial charge on any atom is -0.351 e. The summed E-state index contributed by atoms with van der Waals surface area (Å²) in [6, 6.07) is 0. The Morgan fingerprint density at radius 1 is 1.44 bits per heavy atom. The largest absolute Gasteiger partial charge is 0.351 e. The van der Waals surface area contributed by atoms with E-state index in [-0.39, 0.29) is 12.1 Å². The molecule has 0 saturated heterocycles. The zero-order valence-electron chi connectivity index (χ0n) is 13.2. The van der Waals surface area contributed by atoms with Crippen molar-refractivity contribution in [3.63, 3.8) is 0 Å². The van der Waals surface area contributed by atoms with Crippen molar-refractivity contribution >= 4 is 17.7 Å². The molecule has 1 amide bonds. The highest BCUT2D eigenvalue weighted by Crippen LogP contribution is 2.10. The maximum Gasteiger partial charge on any atom is 0.263 e. The van der Waals surface area contributed by atoms with Crippen molar-refractivity contribution in [1.29, 1.82) is 0 Å². The molecule has 0 aliphatic heterocycles. The first-order chi connectivity index (χ1) is 12.1. The summed E-state index contributed by atoms with van der Waals surface area (Å²) >= 11 is 1.39. The van der Waals surface area contributed by atoms with Gasteiger partial charge in [-0.1, -0.05) is 11.8 Å². The van der Waals surface area contributed by atoms with Gasteiger partial charge in [0.05, 0.1) is 0 Å². The Labute approximate surface area is 145 Å². The van der Waals surface area contributed by atoms with Crippen LogP contribution in [-0.4, -0.2) is 63.1 Å². The molecule has 13 heteroatoms. The highest BCUT2D eigenvalue weighted by molar-refractivity contribution is 7.99. The van der Waals surface area contributed by atoms with E-state index in [1.165, 1.54) is 40.0 Å². The second kappa shape index (κ2) is 7.65. The summed E-state index contributed by atoms with van der Waals surface area (Å²) in [5, 5.41) is 18.3. The summed E-state index contributed by atoms with van der Waals surface area (Å²) in [7, 11) is 1.73. The molecule has 25 heavy (non-hydrogen) atoms. The van der Waals surface area contributed by atoms with Crippen LogP contribution >= 0.6 is 11.8 Å². The number of hydrogen-bond donors (Lipinski definition) is 2. The van der Waals surface area contributed by atoms with Crippen LogP contribution in [0.1, 0.15) is 16.2 Å². The molecule has 0 radical (unpaired) electrons. The van der Waals surface area contributed by atoms with Gasteiger partial charge in [0.1, 0.15) is 30.6 Å². The topological polar surface area (TPSA) is 149 Å². The monoisotopic (exact) mass is 362 g/mol. The Kier molecular flexibility index (Phi) is 5.13. The molecular weight excluding hydrogens is 348 g/mol. The van der Waals surface area contributed by atoms with E-state index in [4.69, 9.17) is 0 Å². The third kappa shape index (κ3) is 4.26. The van der Waals surface area contributed by atoms with Crippen molar-refractivity contribution < 1.29 is 4.79 Å². The molecule has 0 aromatic carbocycles. The third-order valence-electron chi connectivity index (χ3n) is 3.07. The van der Waals surface area contributed by atoms with Crippen molar-refractivity contribution in [2.75, 3.05) is 12.3 Å². The van der Waals surface area contributed by atoms with Crippen molar-refractivity contribution in [2.24, 2.45) is 7.05 Å². The molecule has 3 aromatic heterocycles. The number of H-pyrrole nitrogens is 1. The highest BCUT2D eigenvalue weighted by Gasteiger charge is 2.12. The van der Waals surface area contributed by atoms with Crippen LogP contribution in [0.15, 0.2) is 28.8 Å². The number of aryl methyl sites for hydroxylation is 1. The Morgan fingerprint density at radius 3 is 3.00 bits per heavy atom. The Balaban J connectivity index is 1.53. The summed E-state index contributed by atoms with van der Waals surface area (Å²) in [5.74, 6) is 0.463. The molecule has 130 valence electrons. The number of hydrogen-bond acceptors (Lipinski definition) is 9. The van der Waals surface area contributed by atoms with E-state index in [2.05, 4.69) is 40.9 Å². The van der Waals surface area contributed by atoms with E-state index < -0.39 is 11.5 Å². The average Bonchev–Trinajstić information content (AvgIpc) is 3.23. The first kappa shape index (κ1) is 16.8. The molecule has 12 nitrogen and oxygen atoms in total. The lowest BCUT2D eigenvalue weighted by Crippen LogP contribution is -2.32. The third-order valence-corrected chi connectivity index (χ3v) is 4.09. The minimum absolute atomic E-state index is 0.0485. The smallest absolute Gasteiger partial charge is 0.263 e. The van der Waals surface area contributed by atoms with Gasteiger partial charge >= 0.3 is 0 Å². The molecule has 3 aromatic rings. The lowest BCUT2D eigenvalue weighted by Gasteiger charge is -2.05. The maximum atomic E-state index is 12.1. The molecule has 2 N–H and O–H groups in total. The number of nitrogens with one attached hydrogen (secondary N) is 2. The molecule has 3 heterocycles. The number of aromatic amines is 1. The number of thioether (sulfide) groups is 1. The predicted octanol–water partition coefficient (Wildman–Crippen LogP) is -1.54. The fraction of sp³-hybridized carbons (Fsp3) is 0.333. The summed E-state index contributed by atoms with van der Waals surface area (Å²) in [5.41, 5.74) is -0.555. The van der Waals surface area contributed by atoms with Gasteiger partial charge in [0.15, 0.2) is 0 Å². The van der Waals surface area contributed by atoms with Crippen LogP contribution in [0.5, 0.6) is 0 Å². The molecular formula is C12H14N10O2S. The Morgan fingerprint density at radius 2 is 2.32 bits per heavy atom. The lowest BCUT2D eigenvalue weighted by molar-refractivity contribution is 0.0954. The molecule has 0 spiro atoms. The fourth-order valence-corrected chi connectivity index (χ4v) is 2.59. The van der Waals surface area contributed by atoms with Crippen molar-refractivity contribution in [1.82, 2.24) is 50.3 Å². The molecule has 0 unspecified atom stereocenters. The van der Waals surface area contributed by atoms with E-state index in [1.54, 1.807) is 7.05 Å². The van der Waals surface area contributed by atoms with Gasteiger partial charge in [-0.3, -0.25) is 9.59 Å². The molecule has 0 bridgehead atoms. The Bertz CT molecular complexity index is 903. The number of carbonyl (C=O) groups is 1. The summed E-state index contributed by atoms with van der Waals surface area (Å²) in [6.07, 6.45) is 4.14. The van der Waals surface area contributed by atoms with Crippen LogP contribution in [0.25, 0.3) is 0 Å². The molecule has 0 atom stereocenters. The SMILES string of the molecule is Cn1nnnc1SCCNC(=O)c1cnc(Cn2cncn2)[nH]c1=O. The van der Waals surface area contributed by atoms with Crippen LogP contribution < -0.4 is 10.9 Å². The zero-order chi connectivity index (χ0) is 17.6. The second-order valence-corrected chi connectivity index (χ2v) is 5.92. The standard InChI is InChI=1S/C12H14N10O2S/c1-21-12(18-19-20-21)25-3-2-14-10(23)8-4-15-9(17-11(8)24)5-22-7-13-6-16-22/h4,6-7H,2-3,5H2,1H3,(H,14,23)(H,15,17,24). The summed E-state index contributed by atoms with van der Waals surface area (Å²) in [6.45, 7) is 0.621. The molecule has 3 rings (SSSR count). The summed E-state index contributed by atoms with van der Waals surface area (Å²) in [4.78, 5) is 34.6. The quantitative estimate of drug-likeness (QED) is 0.376. The number of carbonyl (C=O) groups excluding carboxylic acids is 1. The molecule has 0 aliphatic carbocycles. The van der Waals surface area contributed by atoms with E-state index in [0.29, 0.717) is 23.3 Å². The van der Waals surface area contributed by atoms with E-state index >= 15 is 0 Å². The first-order valence-electron chi connectivity index (χ1n) is 7.17. The van der Waals surface area contributed by atoms with Crippen molar-refractivity contribution in [3.8, 4) is 0 Å².